The van der Waals surface area contributed by atoms with Crippen molar-refractivity contribution in [3.8, 4) is 16.9 Å². The number of nitrogens with two attached hydrogens (primary N) is 2. The third-order valence-electron chi connectivity index (χ3n) is 3.39. The molecule has 0 unspecified atom stereocenters. The van der Waals surface area contributed by atoms with Crippen molar-refractivity contribution >= 4 is 17.3 Å². The molecule has 3 rings (SSSR count). The zero-order valence-electron chi connectivity index (χ0n) is 12.4. The van der Waals surface area contributed by atoms with Crippen LogP contribution in [0.4, 0.5) is 11.4 Å². The van der Waals surface area contributed by atoms with E-state index in [-0.39, 0.29) is 0 Å². The predicted octanol–water partition coefficient (Wildman–Crippen LogP) is 3.74. The van der Waals surface area contributed by atoms with Crippen molar-refractivity contribution in [2.75, 3.05) is 11.5 Å². The fourth-order valence-corrected chi connectivity index (χ4v) is 2.31. The van der Waals surface area contributed by atoms with Crippen molar-refractivity contribution < 1.29 is 9.53 Å². The van der Waals surface area contributed by atoms with Crippen LogP contribution in [0, 0.1) is 0 Å². The predicted molar refractivity (Wildman–Crippen MR) is 92.1 cm³/mol. The van der Waals surface area contributed by atoms with Gasteiger partial charge in [0.1, 0.15) is 5.75 Å². The average molecular weight is 304 g/mol. The number of anilines is 2. The van der Waals surface area contributed by atoms with Gasteiger partial charge in [-0.05, 0) is 41.5 Å². The number of benzene rings is 3. The lowest BCUT2D eigenvalue weighted by atomic mass is 10.1. The minimum atomic E-state index is -0.489. The third-order valence-corrected chi connectivity index (χ3v) is 3.39. The molecular formula is C19H16N2O2. The number of carbonyl (C=O) groups excluding carboxylic acids is 1. The van der Waals surface area contributed by atoms with Crippen LogP contribution in [-0.4, -0.2) is 5.97 Å². The van der Waals surface area contributed by atoms with Gasteiger partial charge >= 0.3 is 5.97 Å². The van der Waals surface area contributed by atoms with Gasteiger partial charge in [-0.15, -0.1) is 0 Å². The molecule has 0 saturated heterocycles. The van der Waals surface area contributed by atoms with E-state index in [0.29, 0.717) is 22.7 Å². The molecule has 0 atom stereocenters. The number of nitrogen functional groups attached to an aromatic ring is 2. The Hall–Kier alpha value is -3.27. The van der Waals surface area contributed by atoms with Gasteiger partial charge < -0.3 is 16.2 Å². The van der Waals surface area contributed by atoms with Gasteiger partial charge in [0, 0.05) is 11.4 Å². The fourth-order valence-electron chi connectivity index (χ4n) is 2.31. The maximum Gasteiger partial charge on any atom is 0.343 e. The lowest BCUT2D eigenvalue weighted by Crippen LogP contribution is -2.09. The summed E-state index contributed by atoms with van der Waals surface area (Å²) in [6.07, 6.45) is 0. The Morgan fingerprint density at radius 2 is 1.30 bits per heavy atom. The molecular weight excluding hydrogens is 288 g/mol. The minimum Gasteiger partial charge on any atom is -0.423 e. The van der Waals surface area contributed by atoms with Gasteiger partial charge in [-0.1, -0.05) is 42.5 Å². The SMILES string of the molecule is Nc1cc(N)cc(C(=O)Oc2ccc(-c3ccccc3)cc2)c1. The number of hydrogen-bond acceptors (Lipinski definition) is 4. The molecule has 0 bridgehead atoms. The highest BCUT2D eigenvalue weighted by Crippen LogP contribution is 2.23. The summed E-state index contributed by atoms with van der Waals surface area (Å²) in [5.74, 6) is -0.0212. The second kappa shape index (κ2) is 6.23. The first-order valence-corrected chi connectivity index (χ1v) is 7.15. The van der Waals surface area contributed by atoms with Crippen LogP contribution >= 0.6 is 0 Å². The molecule has 4 nitrogen and oxygen atoms in total. The highest BCUT2D eigenvalue weighted by molar-refractivity contribution is 5.93. The Bertz CT molecular complexity index is 807. The fraction of sp³-hybridized carbons (Fsp3) is 0. The minimum absolute atomic E-state index is 0.328. The van der Waals surface area contributed by atoms with E-state index in [4.69, 9.17) is 16.2 Å². The number of ether oxygens (including phenoxy) is 1. The van der Waals surface area contributed by atoms with Gasteiger partial charge in [0.2, 0.25) is 0 Å². The first-order valence-electron chi connectivity index (χ1n) is 7.15. The molecule has 0 aliphatic rings. The van der Waals surface area contributed by atoms with Crippen molar-refractivity contribution in [3.05, 3.63) is 78.4 Å². The Kier molecular flexibility index (Phi) is 3.97. The summed E-state index contributed by atoms with van der Waals surface area (Å²) in [7, 11) is 0. The first kappa shape index (κ1) is 14.7. The Labute approximate surface area is 134 Å². The van der Waals surface area contributed by atoms with Crippen LogP contribution in [0.15, 0.2) is 72.8 Å². The molecule has 4 heteroatoms. The van der Waals surface area contributed by atoms with Crippen molar-refractivity contribution in [3.63, 3.8) is 0 Å². The molecule has 4 N–H and O–H groups in total. The monoisotopic (exact) mass is 304 g/mol. The Morgan fingerprint density at radius 3 is 1.91 bits per heavy atom. The second-order valence-corrected chi connectivity index (χ2v) is 5.17. The van der Waals surface area contributed by atoms with E-state index in [9.17, 15) is 4.79 Å². The molecule has 3 aromatic carbocycles. The van der Waals surface area contributed by atoms with Gasteiger partial charge in [-0.2, -0.15) is 0 Å². The van der Waals surface area contributed by atoms with Crippen LogP contribution in [0.5, 0.6) is 5.75 Å². The van der Waals surface area contributed by atoms with Gasteiger partial charge in [-0.25, -0.2) is 4.79 Å². The Balaban J connectivity index is 1.77. The topological polar surface area (TPSA) is 78.3 Å². The van der Waals surface area contributed by atoms with Crippen LogP contribution in [-0.2, 0) is 0 Å². The summed E-state index contributed by atoms with van der Waals surface area (Å²) in [5.41, 5.74) is 14.7. The summed E-state index contributed by atoms with van der Waals surface area (Å²) >= 11 is 0. The van der Waals surface area contributed by atoms with Gasteiger partial charge in [-0.3, -0.25) is 0 Å². The number of hydrogen-bond donors (Lipinski definition) is 2. The van der Waals surface area contributed by atoms with E-state index in [0.717, 1.165) is 11.1 Å². The lowest BCUT2D eigenvalue weighted by Gasteiger charge is -2.07. The standard InChI is InChI=1S/C19H16N2O2/c20-16-10-15(11-17(21)12-16)19(22)23-18-8-6-14(7-9-18)13-4-2-1-3-5-13/h1-12H,20-21H2. The van der Waals surface area contributed by atoms with E-state index < -0.39 is 5.97 Å². The van der Waals surface area contributed by atoms with Gasteiger partial charge in [0.15, 0.2) is 0 Å². The Morgan fingerprint density at radius 1 is 0.739 bits per heavy atom. The zero-order chi connectivity index (χ0) is 16.2. The molecule has 0 saturated carbocycles. The smallest absolute Gasteiger partial charge is 0.343 e. The molecule has 0 fully saturated rings. The molecule has 0 amide bonds. The van der Waals surface area contributed by atoms with Crippen molar-refractivity contribution in [2.45, 2.75) is 0 Å². The molecule has 0 radical (unpaired) electrons. The van der Waals surface area contributed by atoms with E-state index in [2.05, 4.69) is 0 Å². The average Bonchev–Trinajstić information content (AvgIpc) is 2.55. The molecule has 114 valence electrons. The maximum absolute atomic E-state index is 12.1. The molecule has 0 aliphatic carbocycles. The quantitative estimate of drug-likeness (QED) is 0.439. The molecule has 0 spiro atoms. The van der Waals surface area contributed by atoms with E-state index in [1.54, 1.807) is 18.2 Å². The number of carbonyl (C=O) groups is 1. The van der Waals surface area contributed by atoms with E-state index in [1.807, 2.05) is 42.5 Å². The molecule has 0 aromatic heterocycles. The van der Waals surface area contributed by atoms with Crippen LogP contribution in [0.25, 0.3) is 11.1 Å². The van der Waals surface area contributed by atoms with Crippen molar-refractivity contribution in [2.24, 2.45) is 0 Å². The molecule has 0 heterocycles. The highest BCUT2D eigenvalue weighted by atomic mass is 16.5. The molecule has 0 aliphatic heterocycles. The van der Waals surface area contributed by atoms with Crippen LogP contribution < -0.4 is 16.2 Å². The maximum atomic E-state index is 12.1. The summed E-state index contributed by atoms with van der Waals surface area (Å²) < 4.78 is 5.35. The number of rotatable bonds is 3. The normalized spacial score (nSPS) is 10.3. The van der Waals surface area contributed by atoms with Crippen LogP contribution in [0.2, 0.25) is 0 Å². The first-order chi connectivity index (χ1) is 11.1. The van der Waals surface area contributed by atoms with Crippen LogP contribution in [0.3, 0.4) is 0 Å². The number of esters is 1. The van der Waals surface area contributed by atoms with Gasteiger partial charge in [0.05, 0.1) is 5.56 Å². The van der Waals surface area contributed by atoms with Crippen LogP contribution in [0.1, 0.15) is 10.4 Å². The molecule has 23 heavy (non-hydrogen) atoms. The summed E-state index contributed by atoms with van der Waals surface area (Å²) in [5, 5.41) is 0. The third kappa shape index (κ3) is 3.49. The van der Waals surface area contributed by atoms with Gasteiger partial charge in [0.25, 0.3) is 0 Å². The molecule has 3 aromatic rings. The van der Waals surface area contributed by atoms with Crippen molar-refractivity contribution in [1.29, 1.82) is 0 Å². The second-order valence-electron chi connectivity index (χ2n) is 5.17. The largest absolute Gasteiger partial charge is 0.423 e. The highest BCUT2D eigenvalue weighted by Gasteiger charge is 2.10. The zero-order valence-corrected chi connectivity index (χ0v) is 12.4. The summed E-state index contributed by atoms with van der Waals surface area (Å²) in [6, 6.07) is 22.0. The lowest BCUT2D eigenvalue weighted by molar-refractivity contribution is 0.0735. The summed E-state index contributed by atoms with van der Waals surface area (Å²) in [4.78, 5) is 12.1. The van der Waals surface area contributed by atoms with E-state index >= 15 is 0 Å². The summed E-state index contributed by atoms with van der Waals surface area (Å²) in [6.45, 7) is 0. The van der Waals surface area contributed by atoms with Crippen molar-refractivity contribution in [1.82, 2.24) is 0 Å². The van der Waals surface area contributed by atoms with E-state index in [1.165, 1.54) is 12.1 Å².